The molecule has 22 heavy (non-hydrogen) atoms. The molecule has 0 spiro atoms. The molecule has 3 rings (SSSR count). The summed E-state index contributed by atoms with van der Waals surface area (Å²) in [5, 5.41) is 14.2. The summed E-state index contributed by atoms with van der Waals surface area (Å²) in [4.78, 5) is 11.9. The van der Waals surface area contributed by atoms with E-state index >= 15 is 0 Å². The average Bonchev–Trinajstić information content (AvgIpc) is 3.13. The van der Waals surface area contributed by atoms with E-state index < -0.39 is 11.7 Å². The average molecular weight is 338 g/mol. The van der Waals surface area contributed by atoms with E-state index in [-0.39, 0.29) is 18.0 Å². The van der Waals surface area contributed by atoms with Gasteiger partial charge in [0.1, 0.15) is 12.2 Å². The van der Waals surface area contributed by atoms with Crippen molar-refractivity contribution in [2.45, 2.75) is 6.42 Å². The highest BCUT2D eigenvalue weighted by Crippen LogP contribution is 2.22. The fourth-order valence-electron chi connectivity index (χ4n) is 1.75. The van der Waals surface area contributed by atoms with E-state index in [1.807, 2.05) is 16.8 Å². The molecule has 0 aliphatic carbocycles. The van der Waals surface area contributed by atoms with Gasteiger partial charge >= 0.3 is 0 Å². The Morgan fingerprint density at radius 2 is 2.23 bits per heavy atom. The highest BCUT2D eigenvalue weighted by molar-refractivity contribution is 7.08. The number of anilines is 1. The summed E-state index contributed by atoms with van der Waals surface area (Å²) in [7, 11) is 0. The molecule has 0 fully saturated rings. The molecule has 2 heterocycles. The number of rotatable bonds is 4. The molecular formula is C14H9ClFN3O2S. The smallest absolute Gasteiger partial charge is 0.248 e. The molecule has 0 saturated heterocycles. The summed E-state index contributed by atoms with van der Waals surface area (Å²) >= 11 is 7.26. The fourth-order valence-corrected chi connectivity index (χ4v) is 2.55. The van der Waals surface area contributed by atoms with Crippen molar-refractivity contribution < 1.29 is 13.6 Å². The third-order valence-corrected chi connectivity index (χ3v) is 3.67. The van der Waals surface area contributed by atoms with Crippen LogP contribution in [-0.4, -0.2) is 16.1 Å². The van der Waals surface area contributed by atoms with Crippen molar-refractivity contribution in [3.63, 3.8) is 0 Å². The van der Waals surface area contributed by atoms with Crippen LogP contribution in [0.5, 0.6) is 0 Å². The Labute approximate surface area is 133 Å². The molecule has 1 N–H and O–H groups in total. The Hall–Kier alpha value is -2.25. The van der Waals surface area contributed by atoms with Crippen molar-refractivity contribution in [2.24, 2.45) is 0 Å². The van der Waals surface area contributed by atoms with Crippen LogP contribution in [0.1, 0.15) is 5.89 Å². The molecule has 8 heteroatoms. The second kappa shape index (κ2) is 6.25. The molecule has 0 aliphatic rings. The van der Waals surface area contributed by atoms with Gasteiger partial charge in [0, 0.05) is 16.0 Å². The number of carbonyl (C=O) groups excluding carboxylic acids is 1. The molecule has 2 aromatic heterocycles. The maximum atomic E-state index is 13.5. The minimum absolute atomic E-state index is 0.00933. The van der Waals surface area contributed by atoms with E-state index in [1.54, 1.807) is 0 Å². The molecule has 0 saturated carbocycles. The van der Waals surface area contributed by atoms with Crippen LogP contribution >= 0.6 is 22.9 Å². The Kier molecular flexibility index (Phi) is 4.17. The van der Waals surface area contributed by atoms with Crippen molar-refractivity contribution in [1.29, 1.82) is 0 Å². The molecule has 1 aromatic carbocycles. The number of nitrogens with zero attached hydrogens (tertiary/aromatic N) is 2. The van der Waals surface area contributed by atoms with Gasteiger partial charge in [-0.1, -0.05) is 11.6 Å². The minimum Gasteiger partial charge on any atom is -0.420 e. The van der Waals surface area contributed by atoms with Crippen LogP contribution in [0.4, 0.5) is 10.1 Å². The molecular weight excluding hydrogens is 329 g/mol. The zero-order valence-electron chi connectivity index (χ0n) is 11.0. The quantitative estimate of drug-likeness (QED) is 0.786. The lowest BCUT2D eigenvalue weighted by Gasteiger charge is -2.05. The van der Waals surface area contributed by atoms with Crippen LogP contribution < -0.4 is 5.32 Å². The topological polar surface area (TPSA) is 68.0 Å². The number of halogens is 2. The van der Waals surface area contributed by atoms with Crippen LogP contribution in [0.3, 0.4) is 0 Å². The predicted molar refractivity (Wildman–Crippen MR) is 81.4 cm³/mol. The first-order valence-corrected chi connectivity index (χ1v) is 7.54. The maximum absolute atomic E-state index is 13.5. The van der Waals surface area contributed by atoms with Gasteiger partial charge in [0.05, 0.1) is 5.69 Å². The van der Waals surface area contributed by atoms with Crippen LogP contribution in [0.25, 0.3) is 11.5 Å². The van der Waals surface area contributed by atoms with Crippen LogP contribution in [0, 0.1) is 5.82 Å². The van der Waals surface area contributed by atoms with Crippen LogP contribution in [0.15, 0.2) is 39.4 Å². The number of carbonyl (C=O) groups is 1. The van der Waals surface area contributed by atoms with Gasteiger partial charge in [-0.3, -0.25) is 4.79 Å². The van der Waals surface area contributed by atoms with E-state index in [0.29, 0.717) is 10.9 Å². The number of thiophene rings is 1. The number of aromatic nitrogens is 2. The van der Waals surface area contributed by atoms with Gasteiger partial charge < -0.3 is 9.73 Å². The van der Waals surface area contributed by atoms with Gasteiger partial charge in [-0.15, -0.1) is 10.2 Å². The van der Waals surface area contributed by atoms with Gasteiger partial charge in [-0.25, -0.2) is 4.39 Å². The van der Waals surface area contributed by atoms with Gasteiger partial charge in [-0.05, 0) is 29.6 Å². The first-order chi connectivity index (χ1) is 10.6. The van der Waals surface area contributed by atoms with Crippen molar-refractivity contribution >= 4 is 34.5 Å². The van der Waals surface area contributed by atoms with Gasteiger partial charge in [-0.2, -0.15) is 11.3 Å². The Balaban J connectivity index is 1.68. The fraction of sp³-hybridized carbons (Fsp3) is 0.0714. The van der Waals surface area contributed by atoms with E-state index in [1.165, 1.54) is 29.5 Å². The SMILES string of the molecule is O=C(Cc1nnc(-c2ccsc2)o1)Nc1cc(Cl)ccc1F. The zero-order chi connectivity index (χ0) is 15.5. The summed E-state index contributed by atoms with van der Waals surface area (Å²) in [5.74, 6) is -0.539. The zero-order valence-corrected chi connectivity index (χ0v) is 12.6. The molecule has 0 unspecified atom stereocenters. The first kappa shape index (κ1) is 14.7. The second-order valence-electron chi connectivity index (χ2n) is 4.36. The summed E-state index contributed by atoms with van der Waals surface area (Å²) in [6, 6.07) is 5.75. The Morgan fingerprint density at radius 3 is 3.00 bits per heavy atom. The normalized spacial score (nSPS) is 10.6. The second-order valence-corrected chi connectivity index (χ2v) is 5.58. The third-order valence-electron chi connectivity index (χ3n) is 2.75. The number of hydrogen-bond donors (Lipinski definition) is 1. The molecule has 5 nitrogen and oxygen atoms in total. The number of nitrogens with one attached hydrogen (secondary N) is 1. The highest BCUT2D eigenvalue weighted by atomic mass is 35.5. The van der Waals surface area contributed by atoms with E-state index in [2.05, 4.69) is 15.5 Å². The van der Waals surface area contributed by atoms with Crippen LogP contribution in [0.2, 0.25) is 5.02 Å². The molecule has 1 amide bonds. The van der Waals surface area contributed by atoms with E-state index in [4.69, 9.17) is 16.0 Å². The molecule has 0 bridgehead atoms. The van der Waals surface area contributed by atoms with Gasteiger partial charge in [0.15, 0.2) is 0 Å². The molecule has 112 valence electrons. The maximum Gasteiger partial charge on any atom is 0.248 e. The highest BCUT2D eigenvalue weighted by Gasteiger charge is 2.14. The summed E-state index contributed by atoms with van der Waals surface area (Å²) in [6.07, 6.45) is -0.150. The van der Waals surface area contributed by atoms with Crippen LogP contribution in [-0.2, 0) is 11.2 Å². The Morgan fingerprint density at radius 1 is 1.36 bits per heavy atom. The summed E-state index contributed by atoms with van der Waals surface area (Å²) in [5.41, 5.74) is 0.806. The predicted octanol–water partition coefficient (Wildman–Crippen LogP) is 3.77. The van der Waals surface area contributed by atoms with Crippen molar-refractivity contribution in [1.82, 2.24) is 10.2 Å². The van der Waals surface area contributed by atoms with E-state index in [0.717, 1.165) is 5.56 Å². The monoisotopic (exact) mass is 337 g/mol. The Bertz CT molecular complexity index is 804. The molecule has 0 atom stereocenters. The van der Waals surface area contributed by atoms with Crippen molar-refractivity contribution in [2.75, 3.05) is 5.32 Å². The lowest BCUT2D eigenvalue weighted by molar-refractivity contribution is -0.115. The van der Waals surface area contributed by atoms with Crippen molar-refractivity contribution in [3.8, 4) is 11.5 Å². The number of amides is 1. The number of benzene rings is 1. The summed E-state index contributed by atoms with van der Waals surface area (Å²) in [6.45, 7) is 0. The van der Waals surface area contributed by atoms with Crippen molar-refractivity contribution in [3.05, 3.63) is 51.8 Å². The largest absolute Gasteiger partial charge is 0.420 e. The molecule has 3 aromatic rings. The third kappa shape index (κ3) is 3.32. The number of hydrogen-bond acceptors (Lipinski definition) is 5. The molecule has 0 aliphatic heterocycles. The standard InChI is InChI=1S/C14H9ClFN3O2S/c15-9-1-2-10(16)11(5-9)17-12(20)6-13-18-19-14(21-13)8-3-4-22-7-8/h1-5,7H,6H2,(H,17,20). The lowest BCUT2D eigenvalue weighted by atomic mass is 10.3. The van der Waals surface area contributed by atoms with Gasteiger partial charge in [0.25, 0.3) is 0 Å². The summed E-state index contributed by atoms with van der Waals surface area (Å²) < 4.78 is 18.9. The van der Waals surface area contributed by atoms with Gasteiger partial charge in [0.2, 0.25) is 17.7 Å². The lowest BCUT2D eigenvalue weighted by Crippen LogP contribution is -2.15. The minimum atomic E-state index is -0.567. The van der Waals surface area contributed by atoms with E-state index in [9.17, 15) is 9.18 Å². The first-order valence-electron chi connectivity index (χ1n) is 6.21. The molecule has 0 radical (unpaired) electrons.